The number of benzene rings is 1. The Bertz CT molecular complexity index is 581. The lowest BCUT2D eigenvalue weighted by atomic mass is 10.1. The lowest BCUT2D eigenvalue weighted by Gasteiger charge is -2.36. The summed E-state index contributed by atoms with van der Waals surface area (Å²) in [5.41, 5.74) is 1.17. The maximum Gasteiger partial charge on any atom is 0.194 e. The number of guanidine groups is 1. The molecule has 1 aliphatic rings. The Balaban J connectivity index is 0.00000364. The van der Waals surface area contributed by atoms with Crippen molar-refractivity contribution < 1.29 is 9.47 Å². The van der Waals surface area contributed by atoms with E-state index >= 15 is 0 Å². The van der Waals surface area contributed by atoms with Crippen LogP contribution in [0.3, 0.4) is 0 Å². The third-order valence-electron chi connectivity index (χ3n) is 4.45. The molecule has 8 heteroatoms. The van der Waals surface area contributed by atoms with Crippen LogP contribution in [0.2, 0.25) is 0 Å². The molecular weight excluding hydrogens is 475 g/mol. The van der Waals surface area contributed by atoms with Crippen molar-refractivity contribution in [3.05, 3.63) is 23.8 Å². The van der Waals surface area contributed by atoms with Crippen molar-refractivity contribution >= 4 is 41.7 Å². The molecule has 0 amide bonds. The summed E-state index contributed by atoms with van der Waals surface area (Å²) in [6.45, 7) is 8.74. The van der Waals surface area contributed by atoms with E-state index in [0.29, 0.717) is 0 Å². The van der Waals surface area contributed by atoms with Gasteiger partial charge in [-0.1, -0.05) is 0 Å². The van der Waals surface area contributed by atoms with E-state index in [2.05, 4.69) is 34.4 Å². The average molecular weight is 508 g/mol. The van der Waals surface area contributed by atoms with Crippen molar-refractivity contribution in [2.24, 2.45) is 4.99 Å². The number of halogens is 1. The van der Waals surface area contributed by atoms with Crippen LogP contribution >= 0.6 is 35.7 Å². The Labute approximate surface area is 185 Å². The van der Waals surface area contributed by atoms with Crippen molar-refractivity contribution in [1.29, 1.82) is 0 Å². The number of ether oxygens (including phenoxy) is 2. The molecule has 1 fully saturated rings. The molecule has 1 aromatic rings. The largest absolute Gasteiger partial charge is 0.497 e. The van der Waals surface area contributed by atoms with E-state index in [1.165, 1.54) is 5.56 Å². The Kier molecular flexibility index (Phi) is 11.9. The predicted octanol–water partition coefficient (Wildman–Crippen LogP) is 2.77. The van der Waals surface area contributed by atoms with Crippen LogP contribution in [0.25, 0.3) is 0 Å². The zero-order chi connectivity index (χ0) is 18.8. The lowest BCUT2D eigenvalue weighted by molar-refractivity contribution is 0.171. The number of thioether (sulfide) groups is 1. The second kappa shape index (κ2) is 13.3. The van der Waals surface area contributed by atoms with Crippen molar-refractivity contribution in [3.63, 3.8) is 0 Å². The summed E-state index contributed by atoms with van der Waals surface area (Å²) < 4.78 is 10.9. The summed E-state index contributed by atoms with van der Waals surface area (Å²) in [6, 6.07) is 5.99. The number of methoxy groups -OCH3 is 2. The maximum absolute atomic E-state index is 5.51. The van der Waals surface area contributed by atoms with Crippen molar-refractivity contribution in [1.82, 2.24) is 15.1 Å². The molecule has 0 aromatic heterocycles. The van der Waals surface area contributed by atoms with E-state index in [0.717, 1.165) is 69.0 Å². The van der Waals surface area contributed by atoms with Crippen LogP contribution in [-0.4, -0.2) is 81.3 Å². The molecular formula is C19H33IN4O2S. The highest BCUT2D eigenvalue weighted by Gasteiger charge is 2.20. The molecule has 2 rings (SSSR count). The second-order valence-corrected chi connectivity index (χ2v) is 7.16. The molecule has 0 aliphatic carbocycles. The van der Waals surface area contributed by atoms with E-state index in [1.54, 1.807) is 14.2 Å². The highest BCUT2D eigenvalue weighted by atomic mass is 127. The number of piperazine rings is 1. The maximum atomic E-state index is 5.51. The normalized spacial score (nSPS) is 15.3. The van der Waals surface area contributed by atoms with Crippen LogP contribution in [-0.2, 0) is 6.54 Å². The number of nitrogens with zero attached hydrogens (tertiary/aromatic N) is 3. The van der Waals surface area contributed by atoms with Crippen LogP contribution in [0, 0.1) is 0 Å². The highest BCUT2D eigenvalue weighted by molar-refractivity contribution is 14.0. The molecule has 0 atom stereocenters. The lowest BCUT2D eigenvalue weighted by Crippen LogP contribution is -2.52. The van der Waals surface area contributed by atoms with Gasteiger partial charge in [-0.25, -0.2) is 0 Å². The Hall–Kier alpha value is -0.870. The third kappa shape index (κ3) is 7.57. The molecule has 154 valence electrons. The van der Waals surface area contributed by atoms with Crippen LogP contribution in [0.4, 0.5) is 0 Å². The first-order valence-electron chi connectivity index (χ1n) is 9.17. The number of hydrogen-bond donors (Lipinski definition) is 1. The van der Waals surface area contributed by atoms with E-state index < -0.39 is 0 Å². The third-order valence-corrected chi connectivity index (χ3v) is 5.04. The molecule has 0 unspecified atom stereocenters. The van der Waals surface area contributed by atoms with Crippen molar-refractivity contribution in [3.8, 4) is 11.5 Å². The Morgan fingerprint density at radius 1 is 1.19 bits per heavy atom. The summed E-state index contributed by atoms with van der Waals surface area (Å²) in [4.78, 5) is 9.56. The molecule has 1 aromatic carbocycles. The molecule has 0 bridgehead atoms. The number of aliphatic imine (C=N–C) groups is 1. The van der Waals surface area contributed by atoms with Crippen molar-refractivity contribution in [2.45, 2.75) is 13.5 Å². The number of rotatable bonds is 8. The summed E-state index contributed by atoms with van der Waals surface area (Å²) in [5, 5.41) is 3.42. The summed E-state index contributed by atoms with van der Waals surface area (Å²) in [5.74, 6) is 3.89. The van der Waals surface area contributed by atoms with Gasteiger partial charge >= 0.3 is 0 Å². The summed E-state index contributed by atoms with van der Waals surface area (Å²) in [7, 11) is 3.42. The van der Waals surface area contributed by atoms with Gasteiger partial charge in [0.1, 0.15) is 11.5 Å². The molecule has 1 N–H and O–H groups in total. The van der Waals surface area contributed by atoms with E-state index in [9.17, 15) is 0 Å². The zero-order valence-corrected chi connectivity index (χ0v) is 20.0. The molecule has 0 spiro atoms. The van der Waals surface area contributed by atoms with Gasteiger partial charge in [-0.3, -0.25) is 9.89 Å². The summed E-state index contributed by atoms with van der Waals surface area (Å²) in [6.07, 6.45) is 2.12. The highest BCUT2D eigenvalue weighted by Crippen LogP contribution is 2.25. The van der Waals surface area contributed by atoms with Gasteiger partial charge in [0.15, 0.2) is 5.96 Å². The Morgan fingerprint density at radius 3 is 2.52 bits per heavy atom. The molecule has 1 saturated heterocycles. The van der Waals surface area contributed by atoms with E-state index in [-0.39, 0.29) is 24.0 Å². The predicted molar refractivity (Wildman–Crippen MR) is 126 cm³/mol. The zero-order valence-electron chi connectivity index (χ0n) is 16.9. The van der Waals surface area contributed by atoms with Gasteiger partial charge in [0.25, 0.3) is 0 Å². The fourth-order valence-corrected chi connectivity index (χ4v) is 3.31. The van der Waals surface area contributed by atoms with Gasteiger partial charge in [-0.05, 0) is 31.4 Å². The molecule has 1 aliphatic heterocycles. The monoisotopic (exact) mass is 508 g/mol. The summed E-state index contributed by atoms with van der Waals surface area (Å²) >= 11 is 1.83. The van der Waals surface area contributed by atoms with Gasteiger partial charge in [0.05, 0.1) is 20.8 Å². The number of nitrogens with one attached hydrogen (secondary N) is 1. The number of hydrogen-bond acceptors (Lipinski definition) is 5. The first-order valence-corrected chi connectivity index (χ1v) is 10.6. The molecule has 0 radical (unpaired) electrons. The SMILES string of the molecule is CCNC(=NCCSC)N1CCN(Cc2cc(OC)ccc2OC)CC1.I. The van der Waals surface area contributed by atoms with Crippen molar-refractivity contribution in [2.75, 3.05) is 65.5 Å². The fraction of sp³-hybridized carbons (Fsp3) is 0.632. The average Bonchev–Trinajstić information content (AvgIpc) is 2.68. The standard InChI is InChI=1S/C19H32N4O2S.HI/c1-5-20-19(21-8-13-26-4)23-11-9-22(10-12-23)15-16-14-17(24-2)6-7-18(16)25-3;/h6-7,14H,5,8-13,15H2,1-4H3,(H,20,21);1H. The van der Waals surface area contributed by atoms with Crippen LogP contribution < -0.4 is 14.8 Å². The molecule has 6 nitrogen and oxygen atoms in total. The Morgan fingerprint density at radius 2 is 1.93 bits per heavy atom. The van der Waals surface area contributed by atoms with Crippen LogP contribution in [0.5, 0.6) is 11.5 Å². The van der Waals surface area contributed by atoms with Gasteiger partial charge in [-0.15, -0.1) is 24.0 Å². The fourth-order valence-electron chi connectivity index (χ4n) is 3.03. The molecule has 27 heavy (non-hydrogen) atoms. The van der Waals surface area contributed by atoms with Crippen LogP contribution in [0.1, 0.15) is 12.5 Å². The first kappa shape index (κ1) is 24.2. The molecule has 1 heterocycles. The smallest absolute Gasteiger partial charge is 0.194 e. The second-order valence-electron chi connectivity index (χ2n) is 6.17. The van der Waals surface area contributed by atoms with E-state index in [1.807, 2.05) is 23.9 Å². The molecule has 0 saturated carbocycles. The van der Waals surface area contributed by atoms with E-state index in [4.69, 9.17) is 14.5 Å². The van der Waals surface area contributed by atoms with Gasteiger partial charge in [0, 0.05) is 50.6 Å². The minimum Gasteiger partial charge on any atom is -0.497 e. The first-order chi connectivity index (χ1) is 12.7. The minimum atomic E-state index is 0. The van der Waals surface area contributed by atoms with Crippen LogP contribution in [0.15, 0.2) is 23.2 Å². The quantitative estimate of drug-likeness (QED) is 0.252. The van der Waals surface area contributed by atoms with Gasteiger partial charge < -0.3 is 19.7 Å². The topological polar surface area (TPSA) is 49.3 Å². The minimum absolute atomic E-state index is 0. The van der Waals surface area contributed by atoms with Gasteiger partial charge in [-0.2, -0.15) is 11.8 Å². The van der Waals surface area contributed by atoms with Gasteiger partial charge in [0.2, 0.25) is 0 Å².